The van der Waals surface area contributed by atoms with Crippen LogP contribution < -0.4 is 0 Å². The van der Waals surface area contributed by atoms with Gasteiger partial charge in [-0.3, -0.25) is 0 Å². The van der Waals surface area contributed by atoms with Crippen molar-refractivity contribution < 1.29 is 5.21 Å². The minimum absolute atomic E-state index is 0.262. The monoisotopic (exact) mass is 233 g/mol. The van der Waals surface area contributed by atoms with E-state index in [0.29, 0.717) is 0 Å². The fourth-order valence-corrected chi connectivity index (χ4v) is 2.15. The highest BCUT2D eigenvalue weighted by atomic mass is 16.4. The zero-order chi connectivity index (χ0) is 12.5. The number of unbranched alkanes of at least 4 members (excludes halogenated alkanes) is 3. The summed E-state index contributed by atoms with van der Waals surface area (Å²) in [5.41, 5.74) is 2.06. The van der Waals surface area contributed by atoms with Crippen LogP contribution in [-0.4, -0.2) is 10.9 Å². The Bertz CT molecular complexity index is 332. The van der Waals surface area contributed by atoms with Crippen LogP contribution in [0.3, 0.4) is 0 Å². The van der Waals surface area contributed by atoms with Crippen molar-refractivity contribution in [3.63, 3.8) is 0 Å². The molecule has 0 radical (unpaired) electrons. The summed E-state index contributed by atoms with van der Waals surface area (Å²) in [5, 5.41) is 12.3. The molecule has 0 saturated carbocycles. The van der Waals surface area contributed by atoms with Gasteiger partial charge < -0.3 is 5.21 Å². The van der Waals surface area contributed by atoms with E-state index in [0.717, 1.165) is 12.1 Å². The lowest BCUT2D eigenvalue weighted by molar-refractivity contribution is 0.316. The Hall–Kier alpha value is -1.31. The first kappa shape index (κ1) is 13.8. The molecule has 0 spiro atoms. The zero-order valence-corrected chi connectivity index (χ0v) is 10.9. The van der Waals surface area contributed by atoms with Crippen LogP contribution in [0.4, 0.5) is 0 Å². The van der Waals surface area contributed by atoms with E-state index in [2.05, 4.69) is 24.2 Å². The van der Waals surface area contributed by atoms with Crippen LogP contribution >= 0.6 is 0 Å². The van der Waals surface area contributed by atoms with Gasteiger partial charge in [0.05, 0.1) is 5.71 Å². The molecule has 1 rings (SSSR count). The lowest BCUT2D eigenvalue weighted by atomic mass is 9.89. The highest BCUT2D eigenvalue weighted by Crippen LogP contribution is 2.24. The van der Waals surface area contributed by atoms with Crippen molar-refractivity contribution in [2.75, 3.05) is 0 Å². The van der Waals surface area contributed by atoms with Crippen LogP contribution in [0.5, 0.6) is 0 Å². The predicted octanol–water partition coefficient (Wildman–Crippen LogP) is 4.59. The molecule has 1 unspecified atom stereocenters. The normalized spacial score (nSPS) is 13.6. The van der Waals surface area contributed by atoms with Gasteiger partial charge in [-0.1, -0.05) is 68.1 Å². The third-order valence-electron chi connectivity index (χ3n) is 3.21. The van der Waals surface area contributed by atoms with Gasteiger partial charge in [0.2, 0.25) is 0 Å². The van der Waals surface area contributed by atoms with E-state index in [-0.39, 0.29) is 5.92 Å². The first-order valence-corrected chi connectivity index (χ1v) is 6.53. The fourth-order valence-electron chi connectivity index (χ4n) is 2.15. The fraction of sp³-hybridized carbons (Fsp3) is 0.533. The zero-order valence-electron chi connectivity index (χ0n) is 10.9. The second-order valence-electron chi connectivity index (χ2n) is 4.55. The molecule has 0 amide bonds. The number of rotatable bonds is 7. The topological polar surface area (TPSA) is 32.6 Å². The SMILES string of the molecule is CCCCCCC(/C(C)=N/O)c1ccccc1. The van der Waals surface area contributed by atoms with Gasteiger partial charge in [0.1, 0.15) is 0 Å². The quantitative estimate of drug-likeness (QED) is 0.318. The summed E-state index contributed by atoms with van der Waals surface area (Å²) in [4.78, 5) is 0. The summed E-state index contributed by atoms with van der Waals surface area (Å²) in [7, 11) is 0. The Morgan fingerprint density at radius 3 is 2.47 bits per heavy atom. The van der Waals surface area contributed by atoms with Crippen LogP contribution in [-0.2, 0) is 0 Å². The van der Waals surface area contributed by atoms with Crippen molar-refractivity contribution >= 4 is 5.71 Å². The Kier molecular flexibility index (Phi) is 6.38. The number of benzene rings is 1. The number of hydrogen-bond acceptors (Lipinski definition) is 2. The summed E-state index contributed by atoms with van der Waals surface area (Å²) in [6, 6.07) is 10.3. The largest absolute Gasteiger partial charge is 0.411 e. The summed E-state index contributed by atoms with van der Waals surface area (Å²) >= 11 is 0. The minimum atomic E-state index is 0.262. The van der Waals surface area contributed by atoms with E-state index in [1.807, 2.05) is 25.1 Å². The summed E-state index contributed by atoms with van der Waals surface area (Å²) in [6.07, 6.45) is 6.07. The third kappa shape index (κ3) is 4.59. The van der Waals surface area contributed by atoms with Crippen molar-refractivity contribution in [1.29, 1.82) is 0 Å². The molecule has 0 aromatic heterocycles. The van der Waals surface area contributed by atoms with E-state index < -0.39 is 0 Å². The maximum absolute atomic E-state index is 8.96. The van der Waals surface area contributed by atoms with Crippen LogP contribution in [0.25, 0.3) is 0 Å². The number of oxime groups is 1. The molecule has 0 aliphatic carbocycles. The second-order valence-corrected chi connectivity index (χ2v) is 4.55. The molecule has 0 saturated heterocycles. The van der Waals surface area contributed by atoms with Crippen molar-refractivity contribution in [1.82, 2.24) is 0 Å². The van der Waals surface area contributed by atoms with Crippen molar-refractivity contribution in [3.05, 3.63) is 35.9 Å². The van der Waals surface area contributed by atoms with E-state index in [4.69, 9.17) is 5.21 Å². The van der Waals surface area contributed by atoms with Crippen LogP contribution in [0, 0.1) is 0 Å². The lowest BCUT2D eigenvalue weighted by Crippen LogP contribution is -2.09. The average molecular weight is 233 g/mol. The van der Waals surface area contributed by atoms with Gasteiger partial charge in [-0.25, -0.2) is 0 Å². The molecule has 0 heterocycles. The highest BCUT2D eigenvalue weighted by Gasteiger charge is 2.14. The molecule has 1 aromatic rings. The van der Waals surface area contributed by atoms with E-state index in [1.165, 1.54) is 31.2 Å². The number of hydrogen-bond donors (Lipinski definition) is 1. The van der Waals surface area contributed by atoms with Gasteiger partial charge in [0.15, 0.2) is 0 Å². The third-order valence-corrected chi connectivity index (χ3v) is 3.21. The molecule has 0 bridgehead atoms. The maximum atomic E-state index is 8.96. The first-order valence-electron chi connectivity index (χ1n) is 6.53. The van der Waals surface area contributed by atoms with Crippen LogP contribution in [0.2, 0.25) is 0 Å². The van der Waals surface area contributed by atoms with Gasteiger partial charge in [0, 0.05) is 5.92 Å². The molecular formula is C15H23NO. The second kappa shape index (κ2) is 7.88. The van der Waals surface area contributed by atoms with Crippen molar-refractivity contribution in [3.8, 4) is 0 Å². The lowest BCUT2D eigenvalue weighted by Gasteiger charge is -2.16. The molecule has 17 heavy (non-hydrogen) atoms. The molecule has 2 heteroatoms. The van der Waals surface area contributed by atoms with Gasteiger partial charge in [-0.05, 0) is 18.9 Å². The Morgan fingerprint density at radius 1 is 1.18 bits per heavy atom. The Morgan fingerprint density at radius 2 is 1.88 bits per heavy atom. The molecule has 0 fully saturated rings. The standard InChI is InChI=1S/C15H23NO/c1-3-4-5-9-12-15(13(2)16-17)14-10-7-6-8-11-14/h6-8,10-11,15,17H,3-5,9,12H2,1-2H3/b16-13+. The molecular weight excluding hydrogens is 210 g/mol. The molecule has 2 nitrogen and oxygen atoms in total. The maximum Gasteiger partial charge on any atom is 0.0614 e. The highest BCUT2D eigenvalue weighted by molar-refractivity contribution is 5.88. The van der Waals surface area contributed by atoms with E-state index >= 15 is 0 Å². The Balaban J connectivity index is 2.62. The average Bonchev–Trinajstić information content (AvgIpc) is 2.39. The van der Waals surface area contributed by atoms with E-state index in [1.54, 1.807) is 0 Å². The first-order chi connectivity index (χ1) is 8.29. The molecule has 1 atom stereocenters. The van der Waals surface area contributed by atoms with Crippen LogP contribution in [0.1, 0.15) is 57.4 Å². The molecule has 1 N–H and O–H groups in total. The summed E-state index contributed by atoms with van der Waals surface area (Å²) in [5.74, 6) is 0.262. The summed E-state index contributed by atoms with van der Waals surface area (Å²) in [6.45, 7) is 4.12. The van der Waals surface area contributed by atoms with Crippen LogP contribution in [0.15, 0.2) is 35.5 Å². The molecule has 0 aliphatic heterocycles. The number of nitrogens with zero attached hydrogens (tertiary/aromatic N) is 1. The minimum Gasteiger partial charge on any atom is -0.411 e. The van der Waals surface area contributed by atoms with Gasteiger partial charge in [-0.15, -0.1) is 0 Å². The van der Waals surface area contributed by atoms with E-state index in [9.17, 15) is 0 Å². The smallest absolute Gasteiger partial charge is 0.0614 e. The predicted molar refractivity (Wildman–Crippen MR) is 72.8 cm³/mol. The molecule has 1 aromatic carbocycles. The van der Waals surface area contributed by atoms with Crippen molar-refractivity contribution in [2.45, 2.75) is 51.9 Å². The molecule has 94 valence electrons. The molecule has 0 aliphatic rings. The van der Waals surface area contributed by atoms with Crippen molar-refractivity contribution in [2.24, 2.45) is 5.16 Å². The van der Waals surface area contributed by atoms with Gasteiger partial charge in [-0.2, -0.15) is 0 Å². The van der Waals surface area contributed by atoms with Gasteiger partial charge in [0.25, 0.3) is 0 Å². The Labute approximate surface area is 104 Å². The summed E-state index contributed by atoms with van der Waals surface area (Å²) < 4.78 is 0. The van der Waals surface area contributed by atoms with Gasteiger partial charge >= 0.3 is 0 Å².